The van der Waals surface area contributed by atoms with Gasteiger partial charge in [0.15, 0.2) is 0 Å². The molecule has 5 fully saturated rings. The molecule has 10 atom stereocenters. The van der Waals surface area contributed by atoms with Crippen molar-refractivity contribution in [3.8, 4) is 0 Å². The molecule has 0 spiro atoms. The van der Waals surface area contributed by atoms with Crippen LogP contribution in [0.3, 0.4) is 0 Å². The Labute approximate surface area is 210 Å². The first-order valence-corrected chi connectivity index (χ1v) is 13.8. The summed E-state index contributed by atoms with van der Waals surface area (Å²) >= 11 is 0. The highest BCUT2D eigenvalue weighted by molar-refractivity contribution is 5.80. The number of aliphatic carboxylic acids is 2. The Morgan fingerprint density at radius 1 is 0.886 bits per heavy atom. The van der Waals surface area contributed by atoms with E-state index in [9.17, 15) is 24.6 Å². The van der Waals surface area contributed by atoms with E-state index in [0.29, 0.717) is 25.2 Å². The zero-order valence-corrected chi connectivity index (χ0v) is 22.2. The lowest BCUT2D eigenvalue weighted by molar-refractivity contribution is -0.238. The fourth-order valence-electron chi connectivity index (χ4n) is 11.8. The van der Waals surface area contributed by atoms with Crippen LogP contribution in [0.5, 0.6) is 0 Å². The van der Waals surface area contributed by atoms with E-state index in [0.717, 1.165) is 50.4 Å². The first kappa shape index (κ1) is 25.0. The number of aldehydes is 1. The summed E-state index contributed by atoms with van der Waals surface area (Å²) in [6, 6.07) is 0. The first-order chi connectivity index (χ1) is 16.2. The fraction of sp³-hybridized carbons (Fsp3) is 0.833. The predicted molar refractivity (Wildman–Crippen MR) is 134 cm³/mol. The number of rotatable bonds is 4. The van der Waals surface area contributed by atoms with E-state index in [1.807, 2.05) is 6.92 Å². The summed E-state index contributed by atoms with van der Waals surface area (Å²) in [5.74, 6) is -1.25. The number of allylic oxidation sites excluding steroid dienone is 1. The third kappa shape index (κ3) is 2.74. The molecule has 5 saturated carbocycles. The SMILES string of the molecule is C=C(C)[C@@H]1CC[C@]2(C(=O)O)CC[C@]3(C(=O)O)[C@H](CC[C@@H]4[C@@]5(C)[C@@H](C=O)CC(C)(C)[C@@H]5CC[C@]43C)[C@@H]12. The maximum atomic E-state index is 13.5. The Morgan fingerprint density at radius 3 is 2.14 bits per heavy atom. The van der Waals surface area contributed by atoms with Crippen LogP contribution in [0.4, 0.5) is 0 Å². The molecule has 0 unspecified atom stereocenters. The van der Waals surface area contributed by atoms with Gasteiger partial charge in [0.1, 0.15) is 6.29 Å². The molecule has 5 aliphatic rings. The highest BCUT2D eigenvalue weighted by Crippen LogP contribution is 2.79. The van der Waals surface area contributed by atoms with Gasteiger partial charge in [-0.25, -0.2) is 0 Å². The topological polar surface area (TPSA) is 91.7 Å². The molecule has 0 aromatic heterocycles. The summed E-state index contributed by atoms with van der Waals surface area (Å²) in [7, 11) is 0. The van der Waals surface area contributed by atoms with Gasteiger partial charge in [0.05, 0.1) is 10.8 Å². The van der Waals surface area contributed by atoms with Gasteiger partial charge in [0.2, 0.25) is 0 Å². The van der Waals surface area contributed by atoms with Crippen molar-refractivity contribution in [2.45, 2.75) is 92.4 Å². The van der Waals surface area contributed by atoms with E-state index < -0.39 is 28.2 Å². The number of carboxylic acid groups (broad SMARTS) is 2. The summed E-state index contributed by atoms with van der Waals surface area (Å²) in [5.41, 5.74) is -1.39. The lowest BCUT2D eigenvalue weighted by Crippen LogP contribution is -2.68. The standard InChI is InChI=1S/C30H44O5/c1-17(2)19-9-12-29(24(32)33)13-14-30(25(34)35)20(23(19)29)7-8-22-27(30,5)11-10-21-26(3,4)15-18(16-31)28(21,22)6/h16,18-23H,1,7-15H2,2-6H3,(H,32,33)(H,34,35)/t18-,19+,20-,21+,22+,23-,27-,28+,29+,30-/m1/s1. The molecule has 194 valence electrons. The van der Waals surface area contributed by atoms with E-state index in [4.69, 9.17) is 0 Å². The second-order valence-corrected chi connectivity index (χ2v) is 14.3. The van der Waals surface area contributed by atoms with Gasteiger partial charge in [-0.05, 0) is 111 Å². The van der Waals surface area contributed by atoms with Gasteiger partial charge >= 0.3 is 11.9 Å². The molecule has 5 aliphatic carbocycles. The summed E-state index contributed by atoms with van der Waals surface area (Å²) in [6.45, 7) is 15.3. The van der Waals surface area contributed by atoms with Gasteiger partial charge in [-0.15, -0.1) is 0 Å². The normalized spacial score (nSPS) is 51.9. The van der Waals surface area contributed by atoms with Crippen molar-refractivity contribution in [3.05, 3.63) is 12.2 Å². The zero-order chi connectivity index (χ0) is 25.8. The average Bonchev–Trinajstić information content (AvgIpc) is 3.27. The van der Waals surface area contributed by atoms with Gasteiger partial charge in [-0.2, -0.15) is 0 Å². The number of carboxylic acids is 2. The maximum absolute atomic E-state index is 13.5. The van der Waals surface area contributed by atoms with Gasteiger partial charge in [0.25, 0.3) is 0 Å². The molecule has 0 aromatic carbocycles. The van der Waals surface area contributed by atoms with E-state index in [-0.39, 0.29) is 40.4 Å². The minimum absolute atomic E-state index is 0.0501. The molecule has 0 heterocycles. The molecular formula is C30H44O5. The van der Waals surface area contributed by atoms with Crippen molar-refractivity contribution in [3.63, 3.8) is 0 Å². The summed E-state index contributed by atoms with van der Waals surface area (Å²) in [4.78, 5) is 38.7. The summed E-state index contributed by atoms with van der Waals surface area (Å²) in [6.07, 6.45) is 7.74. The van der Waals surface area contributed by atoms with Crippen LogP contribution in [0.2, 0.25) is 0 Å². The fourth-order valence-corrected chi connectivity index (χ4v) is 11.8. The van der Waals surface area contributed by atoms with Crippen LogP contribution < -0.4 is 0 Å². The number of carbonyl (C=O) groups is 3. The molecule has 35 heavy (non-hydrogen) atoms. The van der Waals surface area contributed by atoms with Gasteiger partial charge in [-0.3, -0.25) is 9.59 Å². The molecule has 5 heteroatoms. The van der Waals surface area contributed by atoms with Crippen LogP contribution in [0.1, 0.15) is 92.4 Å². The van der Waals surface area contributed by atoms with Gasteiger partial charge < -0.3 is 15.0 Å². The van der Waals surface area contributed by atoms with Crippen LogP contribution in [0.15, 0.2) is 12.2 Å². The number of fused-ring (bicyclic) bond motifs is 7. The van der Waals surface area contributed by atoms with Crippen LogP contribution >= 0.6 is 0 Å². The molecular weight excluding hydrogens is 440 g/mol. The van der Waals surface area contributed by atoms with Crippen molar-refractivity contribution in [2.24, 2.45) is 62.6 Å². The molecule has 0 radical (unpaired) electrons. The summed E-state index contributed by atoms with van der Waals surface area (Å²) < 4.78 is 0. The highest BCUT2D eigenvalue weighted by Gasteiger charge is 2.76. The molecule has 5 nitrogen and oxygen atoms in total. The van der Waals surface area contributed by atoms with Crippen molar-refractivity contribution < 1.29 is 24.6 Å². The van der Waals surface area contributed by atoms with E-state index >= 15 is 0 Å². The van der Waals surface area contributed by atoms with Gasteiger partial charge in [-0.1, -0.05) is 39.8 Å². The van der Waals surface area contributed by atoms with E-state index in [2.05, 4.69) is 34.3 Å². The molecule has 0 bridgehead atoms. The van der Waals surface area contributed by atoms with Crippen LogP contribution in [0.25, 0.3) is 0 Å². The Balaban J connectivity index is 1.67. The lowest BCUT2D eigenvalue weighted by atomic mass is 9.33. The highest BCUT2D eigenvalue weighted by atomic mass is 16.4. The molecule has 0 saturated heterocycles. The van der Waals surface area contributed by atoms with E-state index in [1.54, 1.807) is 0 Å². The Kier molecular flexibility index (Phi) is 5.32. The van der Waals surface area contributed by atoms with Crippen molar-refractivity contribution in [1.82, 2.24) is 0 Å². The predicted octanol–water partition coefficient (Wildman–Crippen LogP) is 6.22. The Morgan fingerprint density at radius 2 is 1.57 bits per heavy atom. The quantitative estimate of drug-likeness (QED) is 0.365. The third-order valence-electron chi connectivity index (χ3n) is 13.1. The minimum atomic E-state index is -0.953. The van der Waals surface area contributed by atoms with E-state index in [1.165, 1.54) is 0 Å². The largest absolute Gasteiger partial charge is 0.481 e. The monoisotopic (exact) mass is 484 g/mol. The minimum Gasteiger partial charge on any atom is -0.481 e. The van der Waals surface area contributed by atoms with Crippen LogP contribution in [-0.4, -0.2) is 28.4 Å². The van der Waals surface area contributed by atoms with Crippen molar-refractivity contribution in [2.75, 3.05) is 0 Å². The van der Waals surface area contributed by atoms with Gasteiger partial charge in [0, 0.05) is 5.92 Å². The number of carbonyl (C=O) groups excluding carboxylic acids is 1. The summed E-state index contributed by atoms with van der Waals surface area (Å²) in [5, 5.41) is 21.6. The lowest BCUT2D eigenvalue weighted by Gasteiger charge is -2.69. The molecule has 0 aromatic rings. The molecule has 5 rings (SSSR count). The third-order valence-corrected chi connectivity index (χ3v) is 13.1. The van der Waals surface area contributed by atoms with Crippen LogP contribution in [-0.2, 0) is 14.4 Å². The second kappa shape index (κ2) is 7.44. The maximum Gasteiger partial charge on any atom is 0.310 e. The number of hydrogen-bond acceptors (Lipinski definition) is 3. The molecule has 2 N–H and O–H groups in total. The van der Waals surface area contributed by atoms with Crippen molar-refractivity contribution >= 4 is 18.2 Å². The number of hydrogen-bond donors (Lipinski definition) is 2. The smallest absolute Gasteiger partial charge is 0.310 e. The Bertz CT molecular complexity index is 983. The Hall–Kier alpha value is -1.65. The van der Waals surface area contributed by atoms with Crippen molar-refractivity contribution in [1.29, 1.82) is 0 Å². The zero-order valence-electron chi connectivity index (χ0n) is 22.2. The second-order valence-electron chi connectivity index (χ2n) is 14.3. The first-order valence-electron chi connectivity index (χ1n) is 13.8. The molecule has 0 aliphatic heterocycles. The average molecular weight is 485 g/mol. The van der Waals surface area contributed by atoms with Crippen LogP contribution in [0, 0.1) is 62.6 Å². The molecule has 0 amide bonds.